The normalized spacial score (nSPS) is 12.8. The van der Waals surface area contributed by atoms with Gasteiger partial charge in [-0.25, -0.2) is 4.98 Å². The lowest BCUT2D eigenvalue weighted by Crippen LogP contribution is -2.14. The van der Waals surface area contributed by atoms with Crippen LogP contribution in [0.25, 0.3) is 73.0 Å². The SMILES string of the molecule is CC(C)(C)c1ccc(N(c2cccc(-n3c4c(c5ccccc53)CCC=C4)c2)c2cccc(-n3c(-c4c(-c5ccccc5)cccc4-c4ccccc4)nc4cc(C(C)(C)C)ccc43)c2Br)cc1. The zero-order chi connectivity index (χ0) is 46.7. The van der Waals surface area contributed by atoms with Crippen LogP contribution in [0.2, 0.25) is 0 Å². The summed E-state index contributed by atoms with van der Waals surface area (Å²) in [7, 11) is 0. The average Bonchev–Trinajstić information content (AvgIpc) is 3.90. The lowest BCUT2D eigenvalue weighted by molar-refractivity contribution is 0.590. The summed E-state index contributed by atoms with van der Waals surface area (Å²) in [6.07, 6.45) is 6.72. The highest BCUT2D eigenvalue weighted by molar-refractivity contribution is 9.10. The Balaban J connectivity index is 1.17. The Morgan fingerprint density at radius 3 is 1.87 bits per heavy atom. The fourth-order valence-electron chi connectivity index (χ4n) is 10.1. The summed E-state index contributed by atoms with van der Waals surface area (Å²) in [6.45, 7) is 13.6. The molecule has 1 aliphatic rings. The van der Waals surface area contributed by atoms with Gasteiger partial charge in [-0.3, -0.25) is 4.57 Å². The minimum atomic E-state index is -0.0596. The van der Waals surface area contributed by atoms with Crippen LogP contribution in [0.1, 0.15) is 70.3 Å². The third kappa shape index (κ3) is 7.69. The summed E-state index contributed by atoms with van der Waals surface area (Å²) < 4.78 is 5.78. The maximum atomic E-state index is 5.69. The van der Waals surface area contributed by atoms with E-state index >= 15 is 0 Å². The Bertz CT molecular complexity index is 3470. The number of imidazole rings is 1. The highest BCUT2D eigenvalue weighted by atomic mass is 79.9. The van der Waals surface area contributed by atoms with E-state index in [9.17, 15) is 0 Å². The van der Waals surface area contributed by atoms with Gasteiger partial charge in [-0.05, 0) is 145 Å². The summed E-state index contributed by atoms with van der Waals surface area (Å²) in [5, 5.41) is 1.32. The summed E-state index contributed by atoms with van der Waals surface area (Å²) in [6, 6.07) is 68.6. The number of allylic oxidation sites excluding steroid dienone is 1. The molecule has 5 heteroatoms. The van der Waals surface area contributed by atoms with Gasteiger partial charge in [0.25, 0.3) is 0 Å². The van der Waals surface area contributed by atoms with E-state index in [0.717, 1.165) is 90.4 Å². The number of anilines is 3. The second-order valence-corrected chi connectivity index (χ2v) is 20.9. The van der Waals surface area contributed by atoms with Crippen LogP contribution in [0.4, 0.5) is 17.1 Å². The maximum Gasteiger partial charge on any atom is 0.147 e. The summed E-state index contributed by atoms with van der Waals surface area (Å²) in [4.78, 5) is 8.09. The fraction of sp³-hybridized carbons (Fsp3) is 0.159. The number of rotatable bonds is 8. The standard InChI is InChI=1S/C63H55BrN4/c1-62(2,3)44-34-37-46(38-35-44)66(47-24-17-25-48(41-47)67-54-30-15-13-26-51(54)52-27-14-16-31-55(52)67)57-32-19-33-58(60(57)64)68-56-39-36-45(63(4,5)6)40-53(56)65-61(68)59-49(42-20-9-7-10-21-42)28-18-29-50(59)43-22-11-8-12-23-43/h7-13,15-26,28-41H,14,27H2,1-6H3. The zero-order valence-electron chi connectivity index (χ0n) is 39.6. The van der Waals surface area contributed by atoms with Gasteiger partial charge in [-0.2, -0.15) is 0 Å². The molecule has 0 unspecified atom stereocenters. The molecule has 4 nitrogen and oxygen atoms in total. The second kappa shape index (κ2) is 17.1. The predicted octanol–water partition coefficient (Wildman–Crippen LogP) is 17.8. The number of hydrogen-bond acceptors (Lipinski definition) is 2. The number of para-hydroxylation sites is 1. The third-order valence-electron chi connectivity index (χ3n) is 13.6. The molecule has 0 N–H and O–H groups in total. The molecule has 0 atom stereocenters. The molecule has 10 aromatic rings. The first-order valence-corrected chi connectivity index (χ1v) is 24.6. The molecule has 0 saturated heterocycles. The lowest BCUT2D eigenvalue weighted by atomic mass is 9.87. The number of halogens is 1. The number of benzene rings is 8. The molecule has 0 amide bonds. The minimum absolute atomic E-state index is 0.00620. The van der Waals surface area contributed by atoms with Crippen molar-refractivity contribution in [3.8, 4) is 45.0 Å². The van der Waals surface area contributed by atoms with E-state index in [1.807, 2.05) is 0 Å². The summed E-state index contributed by atoms with van der Waals surface area (Å²) >= 11 is 4.34. The van der Waals surface area contributed by atoms with Crippen LogP contribution in [0, 0.1) is 0 Å². The quantitative estimate of drug-likeness (QED) is 0.152. The number of hydrogen-bond donors (Lipinski definition) is 0. The molecule has 68 heavy (non-hydrogen) atoms. The van der Waals surface area contributed by atoms with Crippen molar-refractivity contribution < 1.29 is 0 Å². The monoisotopic (exact) mass is 946 g/mol. The van der Waals surface area contributed by atoms with E-state index in [2.05, 4.69) is 272 Å². The molecule has 0 fully saturated rings. The van der Waals surface area contributed by atoms with Gasteiger partial charge in [0.1, 0.15) is 5.82 Å². The first-order valence-electron chi connectivity index (χ1n) is 23.8. The van der Waals surface area contributed by atoms with Gasteiger partial charge in [0, 0.05) is 33.7 Å². The first-order chi connectivity index (χ1) is 32.9. The number of aryl methyl sites for hydroxylation is 1. The van der Waals surface area contributed by atoms with E-state index in [1.165, 1.54) is 33.3 Å². The highest BCUT2D eigenvalue weighted by Crippen LogP contribution is 2.47. The molecular formula is C63H55BrN4. The molecule has 8 aromatic carbocycles. The largest absolute Gasteiger partial charge is 0.310 e. The second-order valence-electron chi connectivity index (χ2n) is 20.1. The van der Waals surface area contributed by atoms with Crippen LogP contribution in [-0.2, 0) is 17.3 Å². The van der Waals surface area contributed by atoms with Gasteiger partial charge in [0.2, 0.25) is 0 Å². The molecule has 0 bridgehead atoms. The molecule has 0 aliphatic heterocycles. The minimum Gasteiger partial charge on any atom is -0.310 e. The Morgan fingerprint density at radius 2 is 1.18 bits per heavy atom. The van der Waals surface area contributed by atoms with Crippen molar-refractivity contribution >= 4 is 61.0 Å². The molecule has 0 spiro atoms. The number of aromatic nitrogens is 3. The number of fused-ring (bicyclic) bond motifs is 4. The van der Waals surface area contributed by atoms with E-state index in [4.69, 9.17) is 4.98 Å². The fourth-order valence-corrected chi connectivity index (χ4v) is 10.7. The van der Waals surface area contributed by atoms with Gasteiger partial charge < -0.3 is 9.47 Å². The van der Waals surface area contributed by atoms with E-state index < -0.39 is 0 Å². The van der Waals surface area contributed by atoms with E-state index in [0.29, 0.717) is 0 Å². The number of nitrogens with zero attached hydrogens (tertiary/aromatic N) is 4. The van der Waals surface area contributed by atoms with Crippen molar-refractivity contribution in [2.45, 2.75) is 65.2 Å². The molecule has 0 saturated carbocycles. The van der Waals surface area contributed by atoms with Gasteiger partial charge >= 0.3 is 0 Å². The molecule has 334 valence electrons. The Hall–Kier alpha value is -7.21. The van der Waals surface area contributed by atoms with Crippen LogP contribution in [-0.4, -0.2) is 14.1 Å². The van der Waals surface area contributed by atoms with Gasteiger partial charge in [-0.15, -0.1) is 0 Å². The Morgan fingerprint density at radius 1 is 0.544 bits per heavy atom. The van der Waals surface area contributed by atoms with E-state index in [1.54, 1.807) is 0 Å². The van der Waals surface area contributed by atoms with Crippen molar-refractivity contribution in [1.82, 2.24) is 14.1 Å². The van der Waals surface area contributed by atoms with Crippen molar-refractivity contribution in [3.05, 3.63) is 221 Å². The Labute approximate surface area is 409 Å². The molecule has 2 heterocycles. The van der Waals surface area contributed by atoms with Crippen molar-refractivity contribution in [2.75, 3.05) is 4.90 Å². The maximum absolute atomic E-state index is 5.69. The first kappa shape index (κ1) is 43.4. The van der Waals surface area contributed by atoms with Crippen molar-refractivity contribution in [2.24, 2.45) is 0 Å². The molecule has 1 aliphatic carbocycles. The van der Waals surface area contributed by atoms with Gasteiger partial charge in [-0.1, -0.05) is 175 Å². The van der Waals surface area contributed by atoms with Crippen LogP contribution < -0.4 is 4.90 Å². The molecule has 0 radical (unpaired) electrons. The van der Waals surface area contributed by atoms with Crippen LogP contribution in [0.15, 0.2) is 199 Å². The summed E-state index contributed by atoms with van der Waals surface area (Å²) in [5.74, 6) is 0.877. The van der Waals surface area contributed by atoms with Crippen molar-refractivity contribution in [1.29, 1.82) is 0 Å². The smallest absolute Gasteiger partial charge is 0.147 e. The van der Waals surface area contributed by atoms with Crippen LogP contribution in [0.5, 0.6) is 0 Å². The molecular weight excluding hydrogens is 893 g/mol. The topological polar surface area (TPSA) is 26.0 Å². The highest BCUT2D eigenvalue weighted by Gasteiger charge is 2.27. The zero-order valence-corrected chi connectivity index (χ0v) is 41.2. The third-order valence-corrected chi connectivity index (χ3v) is 14.4. The molecule has 2 aromatic heterocycles. The molecule has 11 rings (SSSR count). The summed E-state index contributed by atoms with van der Waals surface area (Å²) in [5.41, 5.74) is 19.2. The van der Waals surface area contributed by atoms with E-state index in [-0.39, 0.29) is 10.8 Å². The average molecular weight is 948 g/mol. The van der Waals surface area contributed by atoms with Gasteiger partial charge in [0.05, 0.1) is 32.4 Å². The Kier molecular flexibility index (Phi) is 10.9. The van der Waals surface area contributed by atoms with Gasteiger partial charge in [0.15, 0.2) is 0 Å². The lowest BCUT2D eigenvalue weighted by Gasteiger charge is -2.29. The van der Waals surface area contributed by atoms with Crippen molar-refractivity contribution in [3.63, 3.8) is 0 Å². The van der Waals surface area contributed by atoms with Crippen LogP contribution in [0.3, 0.4) is 0 Å². The van der Waals surface area contributed by atoms with Crippen LogP contribution >= 0.6 is 15.9 Å². The predicted molar refractivity (Wildman–Crippen MR) is 291 cm³/mol.